The number of rotatable bonds is 3. The van der Waals surface area contributed by atoms with Gasteiger partial charge in [-0.1, -0.05) is 15.9 Å². The molecule has 0 saturated carbocycles. The third-order valence-electron chi connectivity index (χ3n) is 1.58. The zero-order valence-electron chi connectivity index (χ0n) is 7.93. The number of carbonyl (C=O) groups is 1. The lowest BCUT2D eigenvalue weighted by Gasteiger charge is -2.15. The fourth-order valence-electron chi connectivity index (χ4n) is 0.824. The van der Waals surface area contributed by atoms with Crippen molar-refractivity contribution in [1.82, 2.24) is 5.32 Å². The van der Waals surface area contributed by atoms with Gasteiger partial charge in [-0.25, -0.2) is 0 Å². The Balaban J connectivity index is 2.46. The highest BCUT2D eigenvalue weighted by Crippen LogP contribution is 2.20. The molecule has 1 aromatic heterocycles. The van der Waals surface area contributed by atoms with Crippen LogP contribution in [0.2, 0.25) is 0 Å². The highest BCUT2D eigenvalue weighted by Gasteiger charge is 2.22. The lowest BCUT2D eigenvalue weighted by molar-refractivity contribution is -0.122. The molecule has 2 nitrogen and oxygen atoms in total. The van der Waals surface area contributed by atoms with E-state index in [4.69, 9.17) is 0 Å². The topological polar surface area (TPSA) is 29.1 Å². The van der Waals surface area contributed by atoms with Gasteiger partial charge in [-0.3, -0.25) is 4.79 Å². The molecule has 0 saturated heterocycles. The summed E-state index contributed by atoms with van der Waals surface area (Å²) in [6.07, 6.45) is 0. The molecular formula is C9H11Br2NOS. The Hall–Kier alpha value is 0.130. The number of hydrogen-bond acceptors (Lipinski definition) is 2. The van der Waals surface area contributed by atoms with E-state index in [1.165, 1.54) is 0 Å². The number of thiophene rings is 1. The van der Waals surface area contributed by atoms with Crippen molar-refractivity contribution in [1.29, 1.82) is 0 Å². The van der Waals surface area contributed by atoms with Crippen molar-refractivity contribution < 1.29 is 4.79 Å². The first kappa shape index (κ1) is 12.2. The van der Waals surface area contributed by atoms with Gasteiger partial charge >= 0.3 is 0 Å². The van der Waals surface area contributed by atoms with Crippen LogP contribution in [0.15, 0.2) is 15.9 Å². The molecule has 1 rings (SSSR count). The van der Waals surface area contributed by atoms with Gasteiger partial charge in [-0.2, -0.15) is 0 Å². The number of hydrogen-bond donors (Lipinski definition) is 1. The van der Waals surface area contributed by atoms with Crippen molar-refractivity contribution in [3.8, 4) is 0 Å². The van der Waals surface area contributed by atoms with Gasteiger partial charge in [0.1, 0.15) is 0 Å². The van der Waals surface area contributed by atoms with Gasteiger partial charge in [-0.15, -0.1) is 11.3 Å². The maximum Gasteiger partial charge on any atom is 0.236 e. The molecule has 78 valence electrons. The van der Waals surface area contributed by atoms with Crippen LogP contribution in [0, 0.1) is 0 Å². The zero-order chi connectivity index (χ0) is 10.8. The predicted octanol–water partition coefficient (Wildman–Crippen LogP) is 3.30. The second-order valence-corrected chi connectivity index (χ2v) is 7.28. The van der Waals surface area contributed by atoms with Crippen molar-refractivity contribution in [3.63, 3.8) is 0 Å². The van der Waals surface area contributed by atoms with E-state index in [1.807, 2.05) is 25.3 Å². The minimum atomic E-state index is -0.499. The van der Waals surface area contributed by atoms with E-state index in [9.17, 15) is 4.79 Å². The monoisotopic (exact) mass is 339 g/mol. The Morgan fingerprint density at radius 3 is 2.71 bits per heavy atom. The molecule has 1 aromatic rings. The molecule has 0 spiro atoms. The number of nitrogens with one attached hydrogen (secondary N) is 1. The quantitative estimate of drug-likeness (QED) is 0.840. The van der Waals surface area contributed by atoms with E-state index in [0.29, 0.717) is 6.54 Å². The minimum Gasteiger partial charge on any atom is -0.350 e. The predicted molar refractivity (Wildman–Crippen MR) is 66.9 cm³/mol. The Morgan fingerprint density at radius 1 is 1.64 bits per heavy atom. The number of carbonyl (C=O) groups excluding carboxylic acids is 1. The molecular weight excluding hydrogens is 330 g/mol. The Kier molecular flexibility index (Phi) is 4.15. The molecule has 0 atom stereocenters. The van der Waals surface area contributed by atoms with Crippen LogP contribution >= 0.6 is 43.2 Å². The van der Waals surface area contributed by atoms with Crippen molar-refractivity contribution >= 4 is 49.1 Å². The summed E-state index contributed by atoms with van der Waals surface area (Å²) >= 11 is 8.30. The summed E-state index contributed by atoms with van der Waals surface area (Å²) in [5.41, 5.74) is 0. The first-order valence-electron chi connectivity index (χ1n) is 4.10. The third-order valence-corrected chi connectivity index (χ3v) is 3.64. The Bertz CT molecular complexity index is 330. The van der Waals surface area contributed by atoms with E-state index >= 15 is 0 Å². The van der Waals surface area contributed by atoms with E-state index in [0.717, 1.165) is 9.35 Å². The summed E-state index contributed by atoms with van der Waals surface area (Å²) < 4.78 is 0.562. The van der Waals surface area contributed by atoms with E-state index in [-0.39, 0.29) is 5.91 Å². The summed E-state index contributed by atoms with van der Waals surface area (Å²) in [5.74, 6) is 0.00187. The van der Waals surface area contributed by atoms with Gasteiger partial charge in [0.15, 0.2) is 0 Å². The molecule has 1 N–H and O–H groups in total. The molecule has 14 heavy (non-hydrogen) atoms. The van der Waals surface area contributed by atoms with Gasteiger partial charge in [0.05, 0.1) is 10.9 Å². The van der Waals surface area contributed by atoms with Gasteiger partial charge in [-0.05, 0) is 35.8 Å². The molecule has 0 aliphatic rings. The van der Waals surface area contributed by atoms with Crippen LogP contribution in [0.3, 0.4) is 0 Å². The average Bonchev–Trinajstić information content (AvgIpc) is 2.45. The third kappa shape index (κ3) is 3.71. The van der Waals surface area contributed by atoms with E-state index in [2.05, 4.69) is 37.2 Å². The van der Waals surface area contributed by atoms with Gasteiger partial charge in [0.2, 0.25) is 5.91 Å². The highest BCUT2D eigenvalue weighted by molar-refractivity contribution is 9.10. The normalized spacial score (nSPS) is 11.4. The summed E-state index contributed by atoms with van der Waals surface area (Å²) in [7, 11) is 0. The molecule has 5 heteroatoms. The smallest absolute Gasteiger partial charge is 0.236 e. The standard InChI is InChI=1S/C9H11Br2NOS/c1-9(2,11)8(13)12-4-7-3-6(10)5-14-7/h3,5H,4H2,1-2H3,(H,12,13). The van der Waals surface area contributed by atoms with Crippen LogP contribution in [-0.2, 0) is 11.3 Å². The number of alkyl halides is 1. The molecule has 0 aliphatic heterocycles. The van der Waals surface area contributed by atoms with Crippen LogP contribution in [0.5, 0.6) is 0 Å². The van der Waals surface area contributed by atoms with E-state index < -0.39 is 4.32 Å². The molecule has 0 aromatic carbocycles. The zero-order valence-corrected chi connectivity index (χ0v) is 11.9. The molecule has 0 bridgehead atoms. The average molecular weight is 341 g/mol. The van der Waals surface area contributed by atoms with Crippen LogP contribution in [0.1, 0.15) is 18.7 Å². The van der Waals surface area contributed by atoms with Crippen molar-refractivity contribution in [2.45, 2.75) is 24.7 Å². The lowest BCUT2D eigenvalue weighted by atomic mass is 10.2. The molecule has 1 amide bonds. The second-order valence-electron chi connectivity index (χ2n) is 3.39. The van der Waals surface area contributed by atoms with Crippen LogP contribution in [0.25, 0.3) is 0 Å². The van der Waals surface area contributed by atoms with Crippen molar-refractivity contribution in [3.05, 3.63) is 20.8 Å². The summed E-state index contributed by atoms with van der Waals surface area (Å²) in [6.45, 7) is 4.24. The Morgan fingerprint density at radius 2 is 2.29 bits per heavy atom. The van der Waals surface area contributed by atoms with Crippen LogP contribution in [-0.4, -0.2) is 10.2 Å². The van der Waals surface area contributed by atoms with Crippen LogP contribution in [0.4, 0.5) is 0 Å². The van der Waals surface area contributed by atoms with Gasteiger partial charge in [0, 0.05) is 14.7 Å². The SMILES string of the molecule is CC(C)(Br)C(=O)NCc1cc(Br)cs1. The number of amides is 1. The summed E-state index contributed by atoms with van der Waals surface area (Å²) in [4.78, 5) is 12.6. The molecule has 0 fully saturated rings. The lowest BCUT2D eigenvalue weighted by Crippen LogP contribution is -2.36. The molecule has 1 heterocycles. The highest BCUT2D eigenvalue weighted by atomic mass is 79.9. The number of halogens is 2. The maximum atomic E-state index is 11.5. The fourth-order valence-corrected chi connectivity index (χ4v) is 2.36. The van der Waals surface area contributed by atoms with Crippen molar-refractivity contribution in [2.24, 2.45) is 0 Å². The van der Waals surface area contributed by atoms with Gasteiger partial charge in [0.25, 0.3) is 0 Å². The Labute approximate surface area is 104 Å². The largest absolute Gasteiger partial charge is 0.350 e. The summed E-state index contributed by atoms with van der Waals surface area (Å²) in [6, 6.07) is 2.01. The summed E-state index contributed by atoms with van der Waals surface area (Å²) in [5, 5.41) is 4.86. The van der Waals surface area contributed by atoms with Gasteiger partial charge < -0.3 is 5.32 Å². The first-order valence-corrected chi connectivity index (χ1v) is 6.56. The van der Waals surface area contributed by atoms with E-state index in [1.54, 1.807) is 11.3 Å². The second kappa shape index (κ2) is 4.77. The van der Waals surface area contributed by atoms with Crippen molar-refractivity contribution in [2.75, 3.05) is 0 Å². The molecule has 0 radical (unpaired) electrons. The fraction of sp³-hybridized carbons (Fsp3) is 0.444. The molecule has 0 unspecified atom stereocenters. The minimum absolute atomic E-state index is 0.00187. The molecule has 0 aliphatic carbocycles. The maximum absolute atomic E-state index is 11.5. The van der Waals surface area contributed by atoms with Crippen LogP contribution < -0.4 is 5.32 Å². The first-order chi connectivity index (χ1) is 6.39.